The zero-order valence-corrected chi connectivity index (χ0v) is 14.3. The fraction of sp³-hybridized carbons (Fsp3) is 0.562. The number of rotatable bonds is 3. The molecule has 0 saturated carbocycles. The Hall–Kier alpha value is -1.77. The van der Waals surface area contributed by atoms with Crippen molar-refractivity contribution in [3.05, 3.63) is 29.1 Å². The molecule has 0 aromatic heterocycles. The summed E-state index contributed by atoms with van der Waals surface area (Å²) in [7, 11) is 0. The van der Waals surface area contributed by atoms with Crippen molar-refractivity contribution in [3.8, 4) is 5.75 Å². The number of piperidine rings is 1. The van der Waals surface area contributed by atoms with Crippen LogP contribution in [-0.4, -0.2) is 34.7 Å². The number of carbonyl (C=O) groups is 1. The Labute approximate surface area is 150 Å². The third-order valence-electron chi connectivity index (χ3n) is 4.62. The largest absolute Gasteiger partial charge is 0.484 e. The van der Waals surface area contributed by atoms with Gasteiger partial charge in [0.25, 0.3) is 0 Å². The molecule has 26 heavy (non-hydrogen) atoms. The Morgan fingerprint density at radius 2 is 1.46 bits per heavy atom. The second kappa shape index (κ2) is 7.09. The van der Waals surface area contributed by atoms with E-state index in [0.717, 1.165) is 0 Å². The zero-order valence-electron chi connectivity index (χ0n) is 13.6. The number of hydrogen-bond acceptors (Lipinski definition) is 3. The lowest BCUT2D eigenvalue weighted by molar-refractivity contribution is 0.0274. The number of carbonyl (C=O) groups excluding carboxylic acids is 1. The topological polar surface area (TPSA) is 38.8 Å². The van der Waals surface area contributed by atoms with Crippen LogP contribution in [0.1, 0.15) is 32.6 Å². The van der Waals surface area contributed by atoms with Crippen molar-refractivity contribution >= 4 is 17.7 Å². The molecule has 1 aromatic carbocycles. The van der Waals surface area contributed by atoms with E-state index >= 15 is 0 Å². The van der Waals surface area contributed by atoms with Crippen molar-refractivity contribution < 1.29 is 36.2 Å². The second-order valence-electron chi connectivity index (χ2n) is 6.33. The first-order valence-corrected chi connectivity index (χ1v) is 8.45. The maximum absolute atomic E-state index is 13.8. The molecule has 3 unspecified atom stereocenters. The molecule has 0 aliphatic carbocycles. The number of benzene rings is 1. The molecule has 144 valence electrons. The summed E-state index contributed by atoms with van der Waals surface area (Å²) >= 11 is 5.64. The van der Waals surface area contributed by atoms with Crippen LogP contribution in [0.15, 0.2) is 0 Å². The molecule has 4 nitrogen and oxygen atoms in total. The highest BCUT2D eigenvalue weighted by Crippen LogP contribution is 2.39. The Bertz CT molecular complexity index is 689. The molecule has 2 aliphatic heterocycles. The minimum Gasteiger partial charge on any atom is -0.484 e. The van der Waals surface area contributed by atoms with E-state index in [1.807, 2.05) is 0 Å². The van der Waals surface area contributed by atoms with Gasteiger partial charge >= 0.3 is 6.09 Å². The van der Waals surface area contributed by atoms with Crippen LogP contribution in [0.4, 0.5) is 26.7 Å². The van der Waals surface area contributed by atoms with Crippen LogP contribution in [0.5, 0.6) is 5.75 Å². The standard InChI is InChI=1S/C16H15ClF5NO3/c1-6(17)25-16(24)23-7-2-3-8(23)5-9(4-7)26-15-13(21)11(19)10(18)12(20)14(15)22/h6-9H,2-5H2,1H3. The molecule has 2 aliphatic rings. The average molecular weight is 400 g/mol. The van der Waals surface area contributed by atoms with Crippen LogP contribution < -0.4 is 4.74 Å². The molecule has 3 rings (SSSR count). The Balaban J connectivity index is 1.76. The van der Waals surface area contributed by atoms with Crippen LogP contribution in [0.3, 0.4) is 0 Å². The molecule has 3 atom stereocenters. The van der Waals surface area contributed by atoms with Crippen molar-refractivity contribution in [2.24, 2.45) is 0 Å². The summed E-state index contributed by atoms with van der Waals surface area (Å²) in [4.78, 5) is 13.6. The molecule has 2 fully saturated rings. The Morgan fingerprint density at radius 3 is 1.92 bits per heavy atom. The van der Waals surface area contributed by atoms with Crippen molar-refractivity contribution in [2.45, 2.75) is 56.4 Å². The quantitative estimate of drug-likeness (QED) is 0.325. The maximum Gasteiger partial charge on any atom is 0.411 e. The SMILES string of the molecule is CC(Cl)OC(=O)N1C2CCC1CC(Oc1c(F)c(F)c(F)c(F)c1F)C2. The molecule has 2 saturated heterocycles. The summed E-state index contributed by atoms with van der Waals surface area (Å²) in [5, 5.41) is 0. The summed E-state index contributed by atoms with van der Waals surface area (Å²) in [5.41, 5.74) is -0.816. The lowest BCUT2D eigenvalue weighted by Gasteiger charge is -2.38. The smallest absolute Gasteiger partial charge is 0.411 e. The third-order valence-corrected chi connectivity index (χ3v) is 4.71. The number of ether oxygens (including phenoxy) is 2. The summed E-state index contributed by atoms with van der Waals surface area (Å²) in [5.74, 6) is -11.7. The Morgan fingerprint density at radius 1 is 1.00 bits per heavy atom. The fourth-order valence-corrected chi connectivity index (χ4v) is 3.65. The first kappa shape index (κ1) is 19.0. The first-order valence-electron chi connectivity index (χ1n) is 8.01. The van der Waals surface area contributed by atoms with Gasteiger partial charge in [0, 0.05) is 24.9 Å². The van der Waals surface area contributed by atoms with Gasteiger partial charge in [0.05, 0.1) is 0 Å². The summed E-state index contributed by atoms with van der Waals surface area (Å²) in [6.07, 6.45) is 0.206. The van der Waals surface area contributed by atoms with Gasteiger partial charge in [0.15, 0.2) is 11.3 Å². The maximum atomic E-state index is 13.8. The van der Waals surface area contributed by atoms with Crippen LogP contribution in [0.25, 0.3) is 0 Å². The van der Waals surface area contributed by atoms with Crippen molar-refractivity contribution in [1.29, 1.82) is 0 Å². The van der Waals surface area contributed by atoms with E-state index in [2.05, 4.69) is 0 Å². The number of halogens is 6. The van der Waals surface area contributed by atoms with E-state index in [1.165, 1.54) is 11.8 Å². The molecular weight excluding hydrogens is 385 g/mol. The van der Waals surface area contributed by atoms with Gasteiger partial charge < -0.3 is 14.4 Å². The van der Waals surface area contributed by atoms with Gasteiger partial charge in [-0.25, -0.2) is 18.0 Å². The predicted octanol–water partition coefficient (Wildman–Crippen LogP) is 4.48. The van der Waals surface area contributed by atoms with Crippen LogP contribution in [0.2, 0.25) is 0 Å². The minimum absolute atomic E-state index is 0.182. The van der Waals surface area contributed by atoms with E-state index in [9.17, 15) is 26.7 Å². The van der Waals surface area contributed by atoms with Gasteiger partial charge in [-0.2, -0.15) is 8.78 Å². The van der Waals surface area contributed by atoms with Gasteiger partial charge in [0.2, 0.25) is 29.1 Å². The first-order chi connectivity index (χ1) is 12.2. The molecule has 0 N–H and O–H groups in total. The molecule has 10 heteroatoms. The lowest BCUT2D eigenvalue weighted by Crippen LogP contribution is -2.49. The van der Waals surface area contributed by atoms with Gasteiger partial charge in [-0.1, -0.05) is 11.6 Å². The molecule has 2 bridgehead atoms. The molecule has 0 radical (unpaired) electrons. The highest BCUT2D eigenvalue weighted by Gasteiger charge is 2.45. The van der Waals surface area contributed by atoms with Crippen molar-refractivity contribution in [1.82, 2.24) is 4.90 Å². The lowest BCUT2D eigenvalue weighted by atomic mass is 10.00. The molecule has 2 heterocycles. The van der Waals surface area contributed by atoms with Crippen molar-refractivity contribution in [3.63, 3.8) is 0 Å². The van der Waals surface area contributed by atoms with E-state index in [0.29, 0.717) is 12.8 Å². The van der Waals surface area contributed by atoms with Crippen LogP contribution >= 0.6 is 11.6 Å². The van der Waals surface area contributed by atoms with Gasteiger partial charge in [0.1, 0.15) is 6.10 Å². The highest BCUT2D eigenvalue weighted by atomic mass is 35.5. The molecule has 0 spiro atoms. The van der Waals surface area contributed by atoms with Gasteiger partial charge in [-0.15, -0.1) is 0 Å². The number of nitrogens with zero attached hydrogens (tertiary/aromatic N) is 1. The highest BCUT2D eigenvalue weighted by molar-refractivity contribution is 6.19. The van der Waals surface area contributed by atoms with Gasteiger partial charge in [-0.3, -0.25) is 0 Å². The average Bonchev–Trinajstić information content (AvgIpc) is 2.86. The number of hydrogen-bond donors (Lipinski definition) is 0. The zero-order chi connectivity index (χ0) is 19.2. The number of alkyl halides is 1. The van der Waals surface area contributed by atoms with E-state index in [4.69, 9.17) is 21.1 Å². The van der Waals surface area contributed by atoms with E-state index < -0.39 is 52.6 Å². The van der Waals surface area contributed by atoms with Crippen molar-refractivity contribution in [2.75, 3.05) is 0 Å². The predicted molar refractivity (Wildman–Crippen MR) is 80.3 cm³/mol. The van der Waals surface area contributed by atoms with Crippen LogP contribution in [-0.2, 0) is 4.74 Å². The molecular formula is C16H15ClF5NO3. The number of fused-ring (bicyclic) bond motifs is 2. The monoisotopic (exact) mass is 399 g/mol. The molecule has 1 amide bonds. The third kappa shape index (κ3) is 3.28. The number of amides is 1. The van der Waals surface area contributed by atoms with Crippen LogP contribution in [0, 0.1) is 29.1 Å². The minimum atomic E-state index is -2.24. The van der Waals surface area contributed by atoms with Gasteiger partial charge in [-0.05, 0) is 19.8 Å². The summed E-state index contributed by atoms with van der Waals surface area (Å²) in [6, 6.07) is -0.633. The summed E-state index contributed by atoms with van der Waals surface area (Å²) < 4.78 is 77.3. The van der Waals surface area contributed by atoms with E-state index in [-0.39, 0.29) is 24.9 Å². The normalized spacial score (nSPS) is 26.0. The molecule has 1 aromatic rings. The van der Waals surface area contributed by atoms with E-state index in [1.54, 1.807) is 0 Å². The summed E-state index contributed by atoms with van der Waals surface area (Å²) in [6.45, 7) is 1.49. The second-order valence-corrected chi connectivity index (χ2v) is 6.94. The fourth-order valence-electron chi connectivity index (χ4n) is 3.58. The Kier molecular flexibility index (Phi) is 5.18.